The number of carbonyl (C=O) groups is 2. The van der Waals surface area contributed by atoms with Gasteiger partial charge in [-0.1, -0.05) is 13.8 Å². The van der Waals surface area contributed by atoms with Crippen LogP contribution in [0.5, 0.6) is 0 Å². The highest BCUT2D eigenvalue weighted by Gasteiger charge is 2.41. The SMILES string of the molecule is CC(C)C(=O)N1CCN(Cc2cnn(C)c2)CC2(CCCC(=O)N2)C1. The molecule has 0 aliphatic carbocycles. The van der Waals surface area contributed by atoms with Crippen molar-refractivity contribution in [2.75, 3.05) is 26.2 Å². The summed E-state index contributed by atoms with van der Waals surface area (Å²) in [5.74, 6) is 0.245. The van der Waals surface area contributed by atoms with E-state index in [1.807, 2.05) is 38.2 Å². The molecule has 138 valence electrons. The van der Waals surface area contributed by atoms with Crippen LogP contribution in [0.4, 0.5) is 0 Å². The predicted molar refractivity (Wildman–Crippen MR) is 94.6 cm³/mol. The Hall–Kier alpha value is -1.89. The topological polar surface area (TPSA) is 70.5 Å². The molecule has 25 heavy (non-hydrogen) atoms. The lowest BCUT2D eigenvalue weighted by atomic mass is 9.87. The van der Waals surface area contributed by atoms with Gasteiger partial charge in [0.25, 0.3) is 0 Å². The Balaban J connectivity index is 1.80. The highest BCUT2D eigenvalue weighted by molar-refractivity contribution is 5.79. The van der Waals surface area contributed by atoms with Crippen LogP contribution in [0.15, 0.2) is 12.4 Å². The fraction of sp³-hybridized carbons (Fsp3) is 0.722. The van der Waals surface area contributed by atoms with Gasteiger partial charge < -0.3 is 10.2 Å². The first-order valence-electron chi connectivity index (χ1n) is 9.17. The van der Waals surface area contributed by atoms with E-state index >= 15 is 0 Å². The number of amides is 2. The number of aryl methyl sites for hydroxylation is 1. The average Bonchev–Trinajstić information content (AvgIpc) is 2.87. The van der Waals surface area contributed by atoms with Crippen molar-refractivity contribution in [3.05, 3.63) is 18.0 Å². The van der Waals surface area contributed by atoms with Gasteiger partial charge in [0, 0.05) is 63.9 Å². The molecule has 3 heterocycles. The molecule has 1 aromatic rings. The van der Waals surface area contributed by atoms with Crippen molar-refractivity contribution >= 4 is 11.8 Å². The number of aromatic nitrogens is 2. The molecule has 7 nitrogen and oxygen atoms in total. The first-order chi connectivity index (χ1) is 11.9. The summed E-state index contributed by atoms with van der Waals surface area (Å²) in [6.45, 7) is 7.56. The quantitative estimate of drug-likeness (QED) is 0.876. The summed E-state index contributed by atoms with van der Waals surface area (Å²) < 4.78 is 1.81. The maximum atomic E-state index is 12.6. The van der Waals surface area contributed by atoms with Crippen LogP contribution in [0.3, 0.4) is 0 Å². The van der Waals surface area contributed by atoms with Crippen LogP contribution in [-0.2, 0) is 23.2 Å². The van der Waals surface area contributed by atoms with Crippen molar-refractivity contribution in [2.24, 2.45) is 13.0 Å². The lowest BCUT2D eigenvalue weighted by molar-refractivity contribution is -0.136. The van der Waals surface area contributed by atoms with Crippen LogP contribution < -0.4 is 5.32 Å². The Kier molecular flexibility index (Phi) is 5.13. The molecule has 2 amide bonds. The second-order valence-electron chi connectivity index (χ2n) is 7.83. The fourth-order valence-electron chi connectivity index (χ4n) is 4.01. The molecule has 0 aromatic carbocycles. The number of hydrogen-bond acceptors (Lipinski definition) is 4. The van der Waals surface area contributed by atoms with Crippen LogP contribution >= 0.6 is 0 Å². The Morgan fingerprint density at radius 3 is 2.80 bits per heavy atom. The monoisotopic (exact) mass is 347 g/mol. The molecule has 2 fully saturated rings. The van der Waals surface area contributed by atoms with Gasteiger partial charge in [-0.2, -0.15) is 5.10 Å². The van der Waals surface area contributed by atoms with E-state index in [9.17, 15) is 9.59 Å². The Bertz CT molecular complexity index is 641. The molecule has 0 radical (unpaired) electrons. The Labute approximate surface area is 149 Å². The van der Waals surface area contributed by atoms with Gasteiger partial charge in [0.15, 0.2) is 0 Å². The van der Waals surface area contributed by atoms with Gasteiger partial charge >= 0.3 is 0 Å². The van der Waals surface area contributed by atoms with Crippen LogP contribution in [0, 0.1) is 5.92 Å². The van der Waals surface area contributed by atoms with Crippen molar-refractivity contribution in [1.82, 2.24) is 24.9 Å². The molecular weight excluding hydrogens is 318 g/mol. The molecule has 3 rings (SSSR count). The van der Waals surface area contributed by atoms with Gasteiger partial charge in [-0.25, -0.2) is 0 Å². The molecule has 2 aliphatic heterocycles. The molecule has 1 spiro atoms. The smallest absolute Gasteiger partial charge is 0.225 e. The van der Waals surface area contributed by atoms with Crippen molar-refractivity contribution in [3.63, 3.8) is 0 Å². The summed E-state index contributed by atoms with van der Waals surface area (Å²) in [6, 6.07) is 0. The molecule has 1 unspecified atom stereocenters. The van der Waals surface area contributed by atoms with E-state index in [0.29, 0.717) is 19.5 Å². The maximum absolute atomic E-state index is 12.6. The number of nitrogens with one attached hydrogen (secondary N) is 1. The zero-order chi connectivity index (χ0) is 18.0. The number of rotatable bonds is 3. The minimum absolute atomic E-state index is 0.0267. The van der Waals surface area contributed by atoms with Crippen molar-refractivity contribution in [1.29, 1.82) is 0 Å². The molecule has 1 N–H and O–H groups in total. The molecule has 1 aromatic heterocycles. The normalized spacial score (nSPS) is 25.3. The minimum atomic E-state index is -0.335. The van der Waals surface area contributed by atoms with Gasteiger partial charge in [0.05, 0.1) is 11.7 Å². The summed E-state index contributed by atoms with van der Waals surface area (Å²) in [5, 5.41) is 7.46. The number of nitrogens with zero attached hydrogens (tertiary/aromatic N) is 4. The Morgan fingerprint density at radius 1 is 1.36 bits per heavy atom. The third kappa shape index (κ3) is 4.21. The van der Waals surface area contributed by atoms with Crippen molar-refractivity contribution < 1.29 is 9.59 Å². The van der Waals surface area contributed by atoms with Gasteiger partial charge in [-0.05, 0) is 12.8 Å². The predicted octanol–water partition coefficient (Wildman–Crippen LogP) is 0.759. The highest BCUT2D eigenvalue weighted by Crippen LogP contribution is 2.26. The lowest BCUT2D eigenvalue weighted by Crippen LogP contribution is -2.61. The van der Waals surface area contributed by atoms with Gasteiger partial charge in [-0.15, -0.1) is 0 Å². The van der Waals surface area contributed by atoms with E-state index in [-0.39, 0.29) is 23.3 Å². The van der Waals surface area contributed by atoms with Crippen molar-refractivity contribution in [3.8, 4) is 0 Å². The zero-order valence-electron chi connectivity index (χ0n) is 15.5. The van der Waals surface area contributed by atoms with E-state index in [4.69, 9.17) is 0 Å². The van der Waals surface area contributed by atoms with E-state index in [1.54, 1.807) is 4.68 Å². The van der Waals surface area contributed by atoms with Crippen molar-refractivity contribution in [2.45, 2.75) is 45.2 Å². The van der Waals surface area contributed by atoms with Gasteiger partial charge in [-0.3, -0.25) is 19.2 Å². The van der Waals surface area contributed by atoms with Crippen LogP contribution in [0.1, 0.15) is 38.7 Å². The molecule has 1 atom stereocenters. The number of hydrogen-bond donors (Lipinski definition) is 1. The first-order valence-corrected chi connectivity index (χ1v) is 9.17. The summed E-state index contributed by atoms with van der Waals surface area (Å²) in [7, 11) is 1.91. The van der Waals surface area contributed by atoms with Gasteiger partial charge in [0.1, 0.15) is 0 Å². The third-order valence-electron chi connectivity index (χ3n) is 5.14. The molecule has 0 saturated carbocycles. The summed E-state index contributed by atoms with van der Waals surface area (Å²) in [6.07, 6.45) is 6.30. The minimum Gasteiger partial charge on any atom is -0.348 e. The highest BCUT2D eigenvalue weighted by atomic mass is 16.2. The maximum Gasteiger partial charge on any atom is 0.225 e. The summed E-state index contributed by atoms with van der Waals surface area (Å²) in [4.78, 5) is 29.0. The van der Waals surface area contributed by atoms with Gasteiger partial charge in [0.2, 0.25) is 11.8 Å². The van der Waals surface area contributed by atoms with Crippen LogP contribution in [-0.4, -0.2) is 63.1 Å². The lowest BCUT2D eigenvalue weighted by Gasteiger charge is -2.41. The summed E-state index contributed by atoms with van der Waals surface area (Å²) >= 11 is 0. The second kappa shape index (κ2) is 7.15. The number of carbonyl (C=O) groups excluding carboxylic acids is 2. The molecule has 2 saturated heterocycles. The Morgan fingerprint density at radius 2 is 2.16 bits per heavy atom. The van der Waals surface area contributed by atoms with E-state index in [0.717, 1.165) is 38.0 Å². The molecule has 7 heteroatoms. The summed E-state index contributed by atoms with van der Waals surface area (Å²) in [5.41, 5.74) is 0.821. The van der Waals surface area contributed by atoms with Crippen LogP contribution in [0.2, 0.25) is 0 Å². The molecular formula is C18H29N5O2. The third-order valence-corrected chi connectivity index (χ3v) is 5.14. The molecule has 0 bridgehead atoms. The van der Waals surface area contributed by atoms with E-state index < -0.39 is 0 Å². The average molecular weight is 347 g/mol. The van der Waals surface area contributed by atoms with E-state index in [1.165, 1.54) is 0 Å². The first kappa shape index (κ1) is 17.9. The number of piperidine rings is 1. The standard InChI is InChI=1S/C18H29N5O2/c1-14(2)17(25)23-8-7-22(11-15-9-19-21(3)10-15)12-18(13-23)6-4-5-16(24)20-18/h9-10,14H,4-8,11-13H2,1-3H3,(H,20,24). The zero-order valence-corrected chi connectivity index (χ0v) is 15.5. The molecule has 2 aliphatic rings. The largest absolute Gasteiger partial charge is 0.348 e. The van der Waals surface area contributed by atoms with E-state index in [2.05, 4.69) is 15.3 Å². The fourth-order valence-corrected chi connectivity index (χ4v) is 4.01. The second-order valence-corrected chi connectivity index (χ2v) is 7.83. The van der Waals surface area contributed by atoms with Crippen LogP contribution in [0.25, 0.3) is 0 Å².